The van der Waals surface area contributed by atoms with E-state index in [1.165, 1.54) is 27.4 Å². The summed E-state index contributed by atoms with van der Waals surface area (Å²) < 4.78 is 8.77. The molecule has 0 bridgehead atoms. The van der Waals surface area contributed by atoms with Crippen LogP contribution >= 0.6 is 0 Å². The minimum atomic E-state index is 0.612. The molecule has 0 aliphatic rings. The summed E-state index contributed by atoms with van der Waals surface area (Å²) in [5, 5.41) is 4.57. The van der Waals surface area contributed by atoms with Gasteiger partial charge in [-0.1, -0.05) is 121 Å². The van der Waals surface area contributed by atoms with Crippen LogP contribution in [0.1, 0.15) is 0 Å². The summed E-state index contributed by atoms with van der Waals surface area (Å²) in [7, 11) is 0. The fraction of sp³-hybridized carbons (Fsp3) is 0. The van der Waals surface area contributed by atoms with E-state index in [4.69, 9.17) is 9.40 Å². The average Bonchev–Trinajstić information content (AvgIpc) is 3.79. The second-order valence-corrected chi connectivity index (χ2v) is 12.8. The molecule has 0 aliphatic heterocycles. The zero-order valence-corrected chi connectivity index (χ0v) is 27.6. The van der Waals surface area contributed by atoms with Gasteiger partial charge in [0, 0.05) is 38.8 Å². The van der Waals surface area contributed by atoms with Crippen molar-refractivity contribution < 1.29 is 4.42 Å². The second-order valence-electron chi connectivity index (χ2n) is 12.8. The summed E-state index contributed by atoms with van der Waals surface area (Å²) in [6.45, 7) is 0. The van der Waals surface area contributed by atoms with Gasteiger partial charge in [0.1, 0.15) is 5.52 Å². The van der Waals surface area contributed by atoms with Crippen LogP contribution in [-0.2, 0) is 0 Å². The van der Waals surface area contributed by atoms with E-state index in [0.717, 1.165) is 55.7 Å². The lowest BCUT2D eigenvalue weighted by molar-refractivity contribution is 0.620. The normalized spacial score (nSPS) is 11.5. The first-order valence-electron chi connectivity index (χ1n) is 17.2. The largest absolute Gasteiger partial charge is 0.436 e. The molecule has 0 unspecified atom stereocenters. The fourth-order valence-corrected chi connectivity index (χ4v) is 7.45. The molecular weight excluding hydrogens is 623 g/mol. The van der Waals surface area contributed by atoms with Crippen LogP contribution in [0.3, 0.4) is 0 Å². The highest BCUT2D eigenvalue weighted by Crippen LogP contribution is 2.44. The van der Waals surface area contributed by atoms with E-state index in [1.807, 2.05) is 36.4 Å². The minimum absolute atomic E-state index is 0.612. The van der Waals surface area contributed by atoms with Crippen molar-refractivity contribution in [3.63, 3.8) is 0 Å². The molecule has 0 saturated carbocycles. The molecule has 0 atom stereocenters. The van der Waals surface area contributed by atoms with Crippen LogP contribution in [0.2, 0.25) is 0 Å². The Morgan fingerprint density at radius 1 is 0.471 bits per heavy atom. The van der Waals surface area contributed by atoms with Gasteiger partial charge in [0.05, 0.1) is 16.7 Å². The highest BCUT2D eigenvalue weighted by molar-refractivity contribution is 6.14. The molecule has 2 aromatic heterocycles. The summed E-state index contributed by atoms with van der Waals surface area (Å²) in [5.41, 5.74) is 11.5. The van der Waals surface area contributed by atoms with Crippen LogP contribution in [0.5, 0.6) is 0 Å². The average molecular weight is 654 g/mol. The Balaban J connectivity index is 1.24. The molecular formula is C47H31N3O. The van der Waals surface area contributed by atoms with Gasteiger partial charge in [0.2, 0.25) is 5.89 Å². The Hall–Kier alpha value is -6.91. The van der Waals surface area contributed by atoms with Gasteiger partial charge in [-0.2, -0.15) is 0 Å². The van der Waals surface area contributed by atoms with Gasteiger partial charge >= 0.3 is 0 Å². The van der Waals surface area contributed by atoms with Crippen molar-refractivity contribution in [1.29, 1.82) is 0 Å². The van der Waals surface area contributed by atoms with Crippen LogP contribution in [0.4, 0.5) is 17.1 Å². The van der Waals surface area contributed by atoms with E-state index < -0.39 is 0 Å². The van der Waals surface area contributed by atoms with Crippen molar-refractivity contribution in [3.05, 3.63) is 188 Å². The third-order valence-corrected chi connectivity index (χ3v) is 9.80. The molecule has 0 aliphatic carbocycles. The molecule has 0 saturated heterocycles. The predicted molar refractivity (Wildman–Crippen MR) is 211 cm³/mol. The van der Waals surface area contributed by atoms with Crippen LogP contribution < -0.4 is 4.90 Å². The molecule has 0 radical (unpaired) electrons. The number of nitrogens with zero attached hydrogens (tertiary/aromatic N) is 3. The van der Waals surface area contributed by atoms with E-state index in [-0.39, 0.29) is 0 Å². The summed E-state index contributed by atoms with van der Waals surface area (Å²) in [6, 6.07) is 66.2. The lowest BCUT2D eigenvalue weighted by Gasteiger charge is -2.27. The molecule has 0 spiro atoms. The maximum absolute atomic E-state index is 6.40. The number of fused-ring (bicyclic) bond motifs is 6. The first-order chi connectivity index (χ1) is 25.3. The molecule has 10 aromatic rings. The van der Waals surface area contributed by atoms with Gasteiger partial charge in [-0.05, 0) is 83.2 Å². The van der Waals surface area contributed by atoms with Crippen LogP contribution in [-0.4, -0.2) is 9.55 Å². The van der Waals surface area contributed by atoms with Crippen molar-refractivity contribution in [2.75, 3.05) is 4.90 Å². The van der Waals surface area contributed by atoms with Crippen molar-refractivity contribution in [1.82, 2.24) is 9.55 Å². The zero-order chi connectivity index (χ0) is 33.7. The van der Waals surface area contributed by atoms with Crippen molar-refractivity contribution in [3.8, 4) is 28.3 Å². The van der Waals surface area contributed by atoms with Gasteiger partial charge in [0.25, 0.3) is 0 Å². The Labute approximate surface area is 295 Å². The first kappa shape index (κ1) is 29.0. The number of hydrogen-bond donors (Lipinski definition) is 0. The molecule has 8 aromatic carbocycles. The smallest absolute Gasteiger partial charge is 0.227 e. The number of para-hydroxylation sites is 2. The molecule has 51 heavy (non-hydrogen) atoms. The maximum atomic E-state index is 6.40. The van der Waals surface area contributed by atoms with Gasteiger partial charge in [-0.25, -0.2) is 4.98 Å². The zero-order valence-electron chi connectivity index (χ0n) is 27.6. The number of oxazole rings is 1. The van der Waals surface area contributed by atoms with Gasteiger partial charge in [-0.3, -0.25) is 0 Å². The standard InChI is InChI=1S/C47H31N3O/c1-4-13-32(14-5-1)33-23-26-37(27-24-33)49(38-28-29-40-39-20-10-11-21-41(39)50(43(40)31-38)36-18-8-3-9-19-36)42-22-12-17-34-25-30-44-46(45(34)42)48-47(51-44)35-15-6-2-7-16-35/h1-31H. The minimum Gasteiger partial charge on any atom is -0.436 e. The van der Waals surface area contributed by atoms with Gasteiger partial charge < -0.3 is 13.9 Å². The summed E-state index contributed by atoms with van der Waals surface area (Å²) in [4.78, 5) is 7.49. The highest BCUT2D eigenvalue weighted by atomic mass is 16.3. The first-order valence-corrected chi connectivity index (χ1v) is 17.2. The SMILES string of the molecule is c1ccc(-c2ccc(N(c3ccc4c5ccccc5n(-c5ccccc5)c4c3)c3cccc4ccc5oc(-c6ccccc6)nc5c34)cc2)cc1. The molecule has 240 valence electrons. The highest BCUT2D eigenvalue weighted by Gasteiger charge is 2.22. The van der Waals surface area contributed by atoms with Crippen molar-refractivity contribution >= 4 is 60.7 Å². The number of benzene rings is 8. The Morgan fingerprint density at radius 2 is 1.12 bits per heavy atom. The van der Waals surface area contributed by atoms with Crippen molar-refractivity contribution in [2.45, 2.75) is 0 Å². The van der Waals surface area contributed by atoms with Crippen LogP contribution in [0, 0.1) is 0 Å². The molecule has 4 nitrogen and oxygen atoms in total. The Morgan fingerprint density at radius 3 is 1.90 bits per heavy atom. The van der Waals surface area contributed by atoms with Crippen molar-refractivity contribution in [2.24, 2.45) is 0 Å². The monoisotopic (exact) mass is 653 g/mol. The maximum Gasteiger partial charge on any atom is 0.227 e. The van der Waals surface area contributed by atoms with E-state index in [2.05, 4.69) is 161 Å². The molecule has 0 fully saturated rings. The van der Waals surface area contributed by atoms with E-state index in [9.17, 15) is 0 Å². The third-order valence-electron chi connectivity index (χ3n) is 9.80. The molecule has 2 heterocycles. The van der Waals surface area contributed by atoms with E-state index in [1.54, 1.807) is 0 Å². The molecule has 0 N–H and O–H groups in total. The second kappa shape index (κ2) is 11.9. The topological polar surface area (TPSA) is 34.2 Å². The predicted octanol–water partition coefficient (Wildman–Crippen LogP) is 12.9. The quantitative estimate of drug-likeness (QED) is 0.179. The lowest BCUT2D eigenvalue weighted by atomic mass is 10.0. The fourth-order valence-electron chi connectivity index (χ4n) is 7.45. The van der Waals surface area contributed by atoms with Crippen LogP contribution in [0.15, 0.2) is 192 Å². The summed E-state index contributed by atoms with van der Waals surface area (Å²) >= 11 is 0. The molecule has 4 heteroatoms. The summed E-state index contributed by atoms with van der Waals surface area (Å²) in [6.07, 6.45) is 0. The van der Waals surface area contributed by atoms with E-state index in [0.29, 0.717) is 5.89 Å². The third kappa shape index (κ3) is 4.88. The number of hydrogen-bond acceptors (Lipinski definition) is 3. The Kier molecular flexibility index (Phi) is 6.78. The number of rotatable bonds is 6. The van der Waals surface area contributed by atoms with Gasteiger partial charge in [0.15, 0.2) is 5.58 Å². The molecule has 0 amide bonds. The van der Waals surface area contributed by atoms with E-state index >= 15 is 0 Å². The van der Waals surface area contributed by atoms with Gasteiger partial charge in [-0.15, -0.1) is 0 Å². The Bertz CT molecular complexity index is 2840. The van der Waals surface area contributed by atoms with Crippen LogP contribution in [0.25, 0.3) is 71.9 Å². The summed E-state index contributed by atoms with van der Waals surface area (Å²) in [5.74, 6) is 0.612. The number of anilines is 3. The molecule has 10 rings (SSSR count). The number of aromatic nitrogens is 2. The lowest BCUT2D eigenvalue weighted by Crippen LogP contribution is -2.11.